The van der Waals surface area contributed by atoms with Crippen molar-refractivity contribution in [1.82, 2.24) is 0 Å². The minimum absolute atomic E-state index is 0.186. The Balaban J connectivity index is 3.46. The minimum atomic E-state index is 0.186. The normalized spacial score (nSPS) is 11.6. The molecule has 0 aliphatic rings. The molecular formula is C18H34O3. The lowest BCUT2D eigenvalue weighted by Gasteiger charge is -2.06. The monoisotopic (exact) mass is 298 g/mol. The minimum Gasteiger partial charge on any atom is -0.464 e. The van der Waals surface area contributed by atoms with Crippen LogP contribution >= 0.6 is 0 Å². The Labute approximate surface area is 131 Å². The number of aldehydes is 1. The van der Waals surface area contributed by atoms with Crippen molar-refractivity contribution in [1.29, 1.82) is 0 Å². The van der Waals surface area contributed by atoms with Gasteiger partial charge in [-0.2, -0.15) is 0 Å². The highest BCUT2D eigenvalue weighted by molar-refractivity contribution is 5.69. The van der Waals surface area contributed by atoms with Gasteiger partial charge >= 0.3 is 0 Å². The Kier molecular flexibility index (Phi) is 16.5. The van der Waals surface area contributed by atoms with Gasteiger partial charge < -0.3 is 9.47 Å². The van der Waals surface area contributed by atoms with Crippen LogP contribution in [0.25, 0.3) is 0 Å². The largest absolute Gasteiger partial charge is 0.464 e. The first kappa shape index (κ1) is 20.2. The molecule has 0 radical (unpaired) electrons. The maximum atomic E-state index is 10.9. The van der Waals surface area contributed by atoms with Crippen LogP contribution in [0.3, 0.4) is 0 Å². The van der Waals surface area contributed by atoms with Crippen molar-refractivity contribution in [2.75, 3.05) is 13.4 Å². The number of hydrogen-bond acceptors (Lipinski definition) is 3. The molecule has 0 aromatic carbocycles. The molecule has 0 heterocycles. The summed E-state index contributed by atoms with van der Waals surface area (Å²) in [4.78, 5) is 10.9. The molecule has 0 aliphatic carbocycles. The maximum absolute atomic E-state index is 10.9. The Morgan fingerprint density at radius 3 is 2.14 bits per heavy atom. The van der Waals surface area contributed by atoms with Crippen LogP contribution in [-0.2, 0) is 14.3 Å². The SMILES string of the molecule is CCCCCCCCCC=C(C=O)OCOCCCCC. The van der Waals surface area contributed by atoms with Crippen LogP contribution < -0.4 is 0 Å². The predicted molar refractivity (Wildman–Crippen MR) is 88.2 cm³/mol. The van der Waals surface area contributed by atoms with Gasteiger partial charge in [0.2, 0.25) is 0 Å². The van der Waals surface area contributed by atoms with E-state index in [4.69, 9.17) is 9.47 Å². The van der Waals surface area contributed by atoms with Crippen LogP contribution in [0.5, 0.6) is 0 Å². The molecule has 0 N–H and O–H groups in total. The van der Waals surface area contributed by atoms with Gasteiger partial charge in [-0.15, -0.1) is 0 Å². The fourth-order valence-electron chi connectivity index (χ4n) is 2.11. The van der Waals surface area contributed by atoms with Crippen LogP contribution in [0, 0.1) is 0 Å². The summed E-state index contributed by atoms with van der Waals surface area (Å²) in [5.74, 6) is 0.413. The molecule has 124 valence electrons. The van der Waals surface area contributed by atoms with Crippen molar-refractivity contribution in [3.05, 3.63) is 11.8 Å². The third-order valence-electron chi connectivity index (χ3n) is 3.47. The lowest BCUT2D eigenvalue weighted by atomic mass is 10.1. The Morgan fingerprint density at radius 1 is 0.857 bits per heavy atom. The molecule has 0 aromatic heterocycles. The van der Waals surface area contributed by atoms with Gasteiger partial charge in [0.15, 0.2) is 18.8 Å². The molecule has 0 unspecified atom stereocenters. The highest BCUT2D eigenvalue weighted by Gasteiger charge is 1.97. The number of hydrogen-bond donors (Lipinski definition) is 0. The summed E-state index contributed by atoms with van der Waals surface area (Å²) >= 11 is 0. The molecule has 0 atom stereocenters. The summed E-state index contributed by atoms with van der Waals surface area (Å²) in [6.45, 7) is 5.29. The van der Waals surface area contributed by atoms with Gasteiger partial charge in [0.1, 0.15) is 0 Å². The first-order chi connectivity index (χ1) is 10.3. The van der Waals surface area contributed by atoms with Crippen LogP contribution in [0.2, 0.25) is 0 Å². The van der Waals surface area contributed by atoms with E-state index < -0.39 is 0 Å². The van der Waals surface area contributed by atoms with Gasteiger partial charge in [-0.25, -0.2) is 0 Å². The quantitative estimate of drug-likeness (QED) is 0.126. The second-order valence-electron chi connectivity index (χ2n) is 5.51. The van der Waals surface area contributed by atoms with E-state index in [2.05, 4.69) is 13.8 Å². The first-order valence-corrected chi connectivity index (χ1v) is 8.71. The fraction of sp³-hybridized carbons (Fsp3) is 0.833. The molecule has 0 aromatic rings. The van der Waals surface area contributed by atoms with E-state index in [1.54, 1.807) is 0 Å². The van der Waals surface area contributed by atoms with Crippen LogP contribution in [0.15, 0.2) is 11.8 Å². The van der Waals surface area contributed by atoms with Crippen molar-refractivity contribution >= 4 is 6.29 Å². The first-order valence-electron chi connectivity index (χ1n) is 8.71. The van der Waals surface area contributed by atoms with E-state index in [0.29, 0.717) is 12.4 Å². The van der Waals surface area contributed by atoms with Gasteiger partial charge in [0, 0.05) is 0 Å². The third kappa shape index (κ3) is 15.4. The molecule has 0 amide bonds. The van der Waals surface area contributed by atoms with E-state index in [1.807, 2.05) is 6.08 Å². The summed E-state index contributed by atoms with van der Waals surface area (Å²) in [5, 5.41) is 0. The van der Waals surface area contributed by atoms with E-state index in [1.165, 1.54) is 51.4 Å². The molecule has 0 bridgehead atoms. The zero-order chi connectivity index (χ0) is 15.6. The van der Waals surface area contributed by atoms with Crippen molar-refractivity contribution in [2.24, 2.45) is 0 Å². The zero-order valence-electron chi connectivity index (χ0n) is 14.1. The Morgan fingerprint density at radius 2 is 1.48 bits per heavy atom. The summed E-state index contributed by atoms with van der Waals surface area (Å²) in [5.41, 5.74) is 0. The molecule has 0 spiro atoms. The lowest BCUT2D eigenvalue weighted by molar-refractivity contribution is -0.111. The summed E-state index contributed by atoms with van der Waals surface area (Å²) < 4.78 is 10.6. The standard InChI is InChI=1S/C18H34O3/c1-3-5-7-8-9-10-11-12-14-18(16-19)21-17-20-15-13-6-4-2/h14,16H,3-13,15,17H2,1-2H3. The highest BCUT2D eigenvalue weighted by Crippen LogP contribution is 2.09. The van der Waals surface area contributed by atoms with Gasteiger partial charge in [-0.3, -0.25) is 4.79 Å². The third-order valence-corrected chi connectivity index (χ3v) is 3.47. The molecule has 0 saturated carbocycles. The molecule has 0 rings (SSSR count). The highest BCUT2D eigenvalue weighted by atomic mass is 16.7. The van der Waals surface area contributed by atoms with E-state index in [9.17, 15) is 4.79 Å². The number of ether oxygens (including phenoxy) is 2. The molecular weight excluding hydrogens is 264 g/mol. The van der Waals surface area contributed by atoms with Gasteiger partial charge in [0.25, 0.3) is 0 Å². The van der Waals surface area contributed by atoms with E-state index >= 15 is 0 Å². The molecule has 3 nitrogen and oxygen atoms in total. The van der Waals surface area contributed by atoms with Gasteiger partial charge in [-0.05, 0) is 25.3 Å². The number of carbonyl (C=O) groups excluding carboxylic acids is 1. The van der Waals surface area contributed by atoms with Crippen molar-refractivity contribution in [3.63, 3.8) is 0 Å². The predicted octanol–water partition coefficient (Wildman–Crippen LogP) is 5.39. The average Bonchev–Trinajstić information content (AvgIpc) is 2.51. The number of unbranched alkanes of at least 4 members (excludes halogenated alkanes) is 9. The summed E-state index contributed by atoms with van der Waals surface area (Å²) in [6, 6.07) is 0. The van der Waals surface area contributed by atoms with Crippen molar-refractivity contribution < 1.29 is 14.3 Å². The Hall–Kier alpha value is -0.830. The second kappa shape index (κ2) is 17.2. The second-order valence-corrected chi connectivity index (χ2v) is 5.51. The number of allylic oxidation sites excluding steroid dienone is 2. The molecule has 21 heavy (non-hydrogen) atoms. The number of carbonyl (C=O) groups is 1. The van der Waals surface area contributed by atoms with Crippen LogP contribution in [0.4, 0.5) is 0 Å². The summed E-state index contributed by atoms with van der Waals surface area (Å²) in [6.07, 6.45) is 16.0. The van der Waals surface area contributed by atoms with Gasteiger partial charge in [-0.1, -0.05) is 65.2 Å². The fourth-order valence-corrected chi connectivity index (χ4v) is 2.11. The zero-order valence-corrected chi connectivity index (χ0v) is 14.1. The smallest absolute Gasteiger partial charge is 0.189 e. The Bertz CT molecular complexity index is 249. The molecule has 0 fully saturated rings. The van der Waals surface area contributed by atoms with Crippen molar-refractivity contribution in [2.45, 2.75) is 84.5 Å². The van der Waals surface area contributed by atoms with Crippen LogP contribution in [0.1, 0.15) is 84.5 Å². The lowest BCUT2D eigenvalue weighted by Crippen LogP contribution is -2.02. The van der Waals surface area contributed by atoms with E-state index in [0.717, 1.165) is 25.5 Å². The van der Waals surface area contributed by atoms with Crippen molar-refractivity contribution in [3.8, 4) is 0 Å². The molecule has 0 saturated heterocycles. The average molecular weight is 298 g/mol. The van der Waals surface area contributed by atoms with Gasteiger partial charge in [0.05, 0.1) is 6.61 Å². The topological polar surface area (TPSA) is 35.5 Å². The molecule has 3 heteroatoms. The maximum Gasteiger partial charge on any atom is 0.189 e. The summed E-state index contributed by atoms with van der Waals surface area (Å²) in [7, 11) is 0. The van der Waals surface area contributed by atoms with E-state index in [-0.39, 0.29) is 6.79 Å². The molecule has 0 aliphatic heterocycles. The number of rotatable bonds is 16. The van der Waals surface area contributed by atoms with Crippen LogP contribution in [-0.4, -0.2) is 19.7 Å².